The summed E-state index contributed by atoms with van der Waals surface area (Å²) in [6, 6.07) is 30.6. The third kappa shape index (κ3) is 3.23. The van der Waals surface area contributed by atoms with Gasteiger partial charge in [0.25, 0.3) is 5.56 Å². The van der Waals surface area contributed by atoms with Gasteiger partial charge in [0.1, 0.15) is 0 Å². The average molecular weight is 463 g/mol. The molecule has 1 aromatic heterocycles. The second kappa shape index (κ2) is 7.53. The normalized spacial score (nSPS) is 10.7. The maximum Gasteiger partial charge on any atom is 0.264 e. The topological polar surface area (TPSA) is 22.0 Å². The Hall–Kier alpha value is -2.66. The highest BCUT2D eigenvalue weighted by Crippen LogP contribution is 2.40. The van der Waals surface area contributed by atoms with Gasteiger partial charge in [0.05, 0.1) is 9.26 Å². The van der Waals surface area contributed by atoms with E-state index < -0.39 is 0 Å². The Morgan fingerprint density at radius 1 is 0.630 bits per heavy atom. The average Bonchev–Trinajstić information content (AvgIpc) is 2.73. The van der Waals surface area contributed by atoms with Crippen molar-refractivity contribution in [2.45, 2.75) is 0 Å². The molecule has 4 aromatic rings. The molecule has 0 saturated carbocycles. The van der Waals surface area contributed by atoms with Gasteiger partial charge in [0.2, 0.25) is 0 Å². The maximum atomic E-state index is 13.1. The lowest BCUT2D eigenvalue weighted by Crippen LogP contribution is -2.23. The van der Waals surface area contributed by atoms with E-state index in [0.717, 1.165) is 37.1 Å². The number of rotatable bonds is 3. The second-order valence-corrected chi connectivity index (χ2v) is 7.45. The van der Waals surface area contributed by atoms with Crippen molar-refractivity contribution >= 4 is 22.6 Å². The lowest BCUT2D eigenvalue weighted by molar-refractivity contribution is 0.866. The Labute approximate surface area is 172 Å². The first kappa shape index (κ1) is 17.7. The summed E-state index contributed by atoms with van der Waals surface area (Å²) in [5.74, 6) is 0. The quantitative estimate of drug-likeness (QED) is 0.342. The lowest BCUT2D eigenvalue weighted by Gasteiger charge is -2.21. The van der Waals surface area contributed by atoms with E-state index in [9.17, 15) is 4.79 Å². The van der Waals surface area contributed by atoms with Crippen molar-refractivity contribution in [3.05, 3.63) is 105 Å². The highest BCUT2D eigenvalue weighted by molar-refractivity contribution is 14.1. The van der Waals surface area contributed by atoms with Gasteiger partial charge in [-0.1, -0.05) is 91.0 Å². The Balaban J connectivity index is 2.20. The van der Waals surface area contributed by atoms with E-state index in [4.69, 9.17) is 0 Å². The Bertz CT molecular complexity index is 1060. The van der Waals surface area contributed by atoms with Crippen molar-refractivity contribution in [2.75, 3.05) is 0 Å². The van der Waals surface area contributed by atoms with Crippen LogP contribution in [-0.2, 0) is 7.05 Å². The van der Waals surface area contributed by atoms with Crippen LogP contribution in [-0.4, -0.2) is 4.57 Å². The highest BCUT2D eigenvalue weighted by Gasteiger charge is 2.22. The van der Waals surface area contributed by atoms with Crippen molar-refractivity contribution in [2.24, 2.45) is 7.05 Å². The Morgan fingerprint density at radius 2 is 1.04 bits per heavy atom. The molecule has 3 heteroatoms. The molecular formula is C24H18INO. The lowest BCUT2D eigenvalue weighted by atomic mass is 9.91. The first-order chi connectivity index (χ1) is 13.2. The minimum absolute atomic E-state index is 0.0213. The minimum atomic E-state index is 0.0213. The van der Waals surface area contributed by atoms with Gasteiger partial charge in [0, 0.05) is 18.2 Å². The van der Waals surface area contributed by atoms with Gasteiger partial charge < -0.3 is 4.57 Å². The number of halogens is 1. The highest BCUT2D eigenvalue weighted by atomic mass is 127. The summed E-state index contributed by atoms with van der Waals surface area (Å²) in [4.78, 5) is 13.1. The molecule has 0 aliphatic rings. The van der Waals surface area contributed by atoms with Crippen molar-refractivity contribution in [3.63, 3.8) is 0 Å². The minimum Gasteiger partial charge on any atom is -0.310 e. The zero-order valence-corrected chi connectivity index (χ0v) is 17.1. The van der Waals surface area contributed by atoms with Crippen LogP contribution < -0.4 is 5.56 Å². The Morgan fingerprint density at radius 3 is 1.52 bits per heavy atom. The van der Waals surface area contributed by atoms with Gasteiger partial charge in [-0.05, 0) is 39.3 Å². The van der Waals surface area contributed by atoms with Crippen molar-refractivity contribution in [3.8, 4) is 33.5 Å². The fourth-order valence-electron chi connectivity index (χ4n) is 3.45. The van der Waals surface area contributed by atoms with Crippen LogP contribution in [0.5, 0.6) is 0 Å². The molecule has 1 heterocycles. The monoisotopic (exact) mass is 463 g/mol. The van der Waals surface area contributed by atoms with Crippen LogP contribution in [0.4, 0.5) is 0 Å². The number of nitrogens with zero attached hydrogens (tertiary/aromatic N) is 1. The zero-order chi connectivity index (χ0) is 18.8. The molecule has 0 spiro atoms. The summed E-state index contributed by atoms with van der Waals surface area (Å²) in [5.41, 5.74) is 6.21. The molecule has 0 fully saturated rings. The van der Waals surface area contributed by atoms with Gasteiger partial charge in [-0.3, -0.25) is 4.79 Å². The number of hydrogen-bond acceptors (Lipinski definition) is 1. The maximum absolute atomic E-state index is 13.1. The number of aromatic nitrogens is 1. The molecule has 132 valence electrons. The van der Waals surface area contributed by atoms with Crippen molar-refractivity contribution in [1.29, 1.82) is 0 Å². The molecule has 3 aromatic carbocycles. The van der Waals surface area contributed by atoms with E-state index in [1.165, 1.54) is 0 Å². The van der Waals surface area contributed by atoms with Gasteiger partial charge in [0.15, 0.2) is 0 Å². The standard InChI is InChI=1S/C24H18INO/c1-26-23(19-15-9-4-10-16-19)21(18-13-7-3-8-14-18)20(22(25)24(26)27)17-11-5-2-6-12-17/h2-16H,1H3. The summed E-state index contributed by atoms with van der Waals surface area (Å²) >= 11 is 2.19. The molecular weight excluding hydrogens is 445 g/mol. The van der Waals surface area contributed by atoms with E-state index in [1.807, 2.05) is 61.6 Å². The predicted molar refractivity (Wildman–Crippen MR) is 121 cm³/mol. The molecule has 4 rings (SSSR count). The van der Waals surface area contributed by atoms with Crippen molar-refractivity contribution in [1.82, 2.24) is 4.57 Å². The van der Waals surface area contributed by atoms with Gasteiger partial charge in [-0.2, -0.15) is 0 Å². The van der Waals surface area contributed by atoms with Crippen LogP contribution in [0.3, 0.4) is 0 Å². The molecule has 0 unspecified atom stereocenters. The fraction of sp³-hybridized carbons (Fsp3) is 0.0417. The molecule has 0 bridgehead atoms. The SMILES string of the molecule is Cn1c(-c2ccccc2)c(-c2ccccc2)c(-c2ccccc2)c(I)c1=O. The largest absolute Gasteiger partial charge is 0.310 e. The van der Waals surface area contributed by atoms with Crippen LogP contribution in [0, 0.1) is 3.57 Å². The molecule has 2 nitrogen and oxygen atoms in total. The zero-order valence-electron chi connectivity index (χ0n) is 14.9. The second-order valence-electron chi connectivity index (χ2n) is 6.37. The van der Waals surface area contributed by atoms with Crippen LogP contribution in [0.25, 0.3) is 33.5 Å². The predicted octanol–water partition coefficient (Wildman–Crippen LogP) is 5.99. The molecule has 0 amide bonds. The van der Waals surface area contributed by atoms with Crippen LogP contribution in [0.2, 0.25) is 0 Å². The van der Waals surface area contributed by atoms with Crippen LogP contribution in [0.1, 0.15) is 0 Å². The van der Waals surface area contributed by atoms with E-state index in [-0.39, 0.29) is 5.56 Å². The van der Waals surface area contributed by atoms with Crippen LogP contribution >= 0.6 is 22.6 Å². The summed E-state index contributed by atoms with van der Waals surface area (Å²) in [6.07, 6.45) is 0. The molecule has 0 N–H and O–H groups in total. The number of benzene rings is 3. The van der Waals surface area contributed by atoms with E-state index in [0.29, 0.717) is 0 Å². The van der Waals surface area contributed by atoms with Gasteiger partial charge >= 0.3 is 0 Å². The summed E-state index contributed by atoms with van der Waals surface area (Å²) in [5, 5.41) is 0. The number of pyridine rings is 1. The van der Waals surface area contributed by atoms with E-state index in [2.05, 4.69) is 59.0 Å². The molecule has 0 radical (unpaired) electrons. The Kier molecular flexibility index (Phi) is 4.94. The molecule has 0 saturated heterocycles. The van der Waals surface area contributed by atoms with Crippen molar-refractivity contribution < 1.29 is 0 Å². The first-order valence-corrected chi connectivity index (χ1v) is 9.85. The molecule has 0 aliphatic heterocycles. The van der Waals surface area contributed by atoms with Crippen LogP contribution in [0.15, 0.2) is 95.8 Å². The van der Waals surface area contributed by atoms with Gasteiger partial charge in [-0.15, -0.1) is 0 Å². The molecule has 27 heavy (non-hydrogen) atoms. The molecule has 0 atom stereocenters. The summed E-state index contributed by atoms with van der Waals surface area (Å²) < 4.78 is 2.51. The fourth-order valence-corrected chi connectivity index (χ4v) is 4.39. The third-order valence-electron chi connectivity index (χ3n) is 4.71. The molecule has 0 aliphatic carbocycles. The summed E-state index contributed by atoms with van der Waals surface area (Å²) in [7, 11) is 1.86. The summed E-state index contributed by atoms with van der Waals surface area (Å²) in [6.45, 7) is 0. The number of hydrogen-bond donors (Lipinski definition) is 0. The first-order valence-electron chi connectivity index (χ1n) is 8.77. The third-order valence-corrected chi connectivity index (χ3v) is 5.71. The van der Waals surface area contributed by atoms with E-state index >= 15 is 0 Å². The van der Waals surface area contributed by atoms with Gasteiger partial charge in [-0.25, -0.2) is 0 Å². The van der Waals surface area contributed by atoms with E-state index in [1.54, 1.807) is 4.57 Å². The smallest absolute Gasteiger partial charge is 0.264 e.